The fourth-order valence-electron chi connectivity index (χ4n) is 2.45. The Morgan fingerprint density at radius 1 is 1.00 bits per heavy atom. The van der Waals surface area contributed by atoms with Crippen molar-refractivity contribution in [2.45, 2.75) is 13.1 Å². The lowest BCUT2D eigenvalue weighted by molar-refractivity contribution is -0.149. The predicted molar refractivity (Wildman–Crippen MR) is 78.6 cm³/mol. The summed E-state index contributed by atoms with van der Waals surface area (Å²) >= 11 is 0. The van der Waals surface area contributed by atoms with Gasteiger partial charge in [0, 0.05) is 45.0 Å². The van der Waals surface area contributed by atoms with Gasteiger partial charge >= 0.3 is 6.18 Å². The molecule has 1 aliphatic rings. The summed E-state index contributed by atoms with van der Waals surface area (Å²) in [6.45, 7) is 5.30. The monoisotopic (exact) mass is 301 g/mol. The van der Waals surface area contributed by atoms with E-state index >= 15 is 0 Å². The number of nitrogens with one attached hydrogen (secondary N) is 1. The number of hydrogen-bond acceptors (Lipinski definition) is 3. The molecule has 1 heterocycles. The summed E-state index contributed by atoms with van der Waals surface area (Å²) in [7, 11) is 0. The minimum Gasteiger partial charge on any atom is -0.384 e. The zero-order valence-electron chi connectivity index (χ0n) is 12.3. The maximum atomic E-state index is 12.3. The number of benzene rings is 1. The van der Waals surface area contributed by atoms with E-state index in [0.717, 1.165) is 18.8 Å². The maximum absolute atomic E-state index is 12.3. The van der Waals surface area contributed by atoms with E-state index in [9.17, 15) is 13.2 Å². The SMILES string of the molecule is Cc1ccc(NCCN2CCN(CC(F)(F)F)CC2)cc1. The molecule has 0 saturated carbocycles. The molecular weight excluding hydrogens is 279 g/mol. The lowest BCUT2D eigenvalue weighted by atomic mass is 10.2. The van der Waals surface area contributed by atoms with Crippen LogP contribution in [0.5, 0.6) is 0 Å². The number of piperazine rings is 1. The standard InChI is InChI=1S/C15H22F3N3/c1-13-2-4-14(5-3-13)19-6-7-20-8-10-21(11-9-20)12-15(16,17)18/h2-5,19H,6-12H2,1H3. The topological polar surface area (TPSA) is 18.5 Å². The molecule has 0 radical (unpaired) electrons. The first-order chi connectivity index (χ1) is 9.92. The Morgan fingerprint density at radius 2 is 1.57 bits per heavy atom. The fourth-order valence-corrected chi connectivity index (χ4v) is 2.45. The van der Waals surface area contributed by atoms with Gasteiger partial charge in [-0.1, -0.05) is 17.7 Å². The second-order valence-electron chi connectivity index (χ2n) is 5.53. The minimum absolute atomic E-state index is 0.490. The van der Waals surface area contributed by atoms with Gasteiger partial charge in [-0.05, 0) is 19.1 Å². The average molecular weight is 301 g/mol. The van der Waals surface area contributed by atoms with E-state index in [1.54, 1.807) is 0 Å². The minimum atomic E-state index is -4.09. The molecule has 0 aliphatic carbocycles. The molecule has 2 rings (SSSR count). The lowest BCUT2D eigenvalue weighted by Crippen LogP contribution is -2.50. The van der Waals surface area contributed by atoms with Gasteiger partial charge in [-0.3, -0.25) is 9.80 Å². The summed E-state index contributed by atoms with van der Waals surface area (Å²) in [6.07, 6.45) is -4.09. The average Bonchev–Trinajstić information content (AvgIpc) is 2.41. The van der Waals surface area contributed by atoms with Crippen LogP contribution < -0.4 is 5.32 Å². The molecule has 1 aromatic carbocycles. The van der Waals surface area contributed by atoms with Crippen molar-refractivity contribution < 1.29 is 13.2 Å². The van der Waals surface area contributed by atoms with E-state index in [-0.39, 0.29) is 0 Å². The maximum Gasteiger partial charge on any atom is 0.401 e. The van der Waals surface area contributed by atoms with E-state index in [0.29, 0.717) is 26.2 Å². The highest BCUT2D eigenvalue weighted by Gasteiger charge is 2.31. The van der Waals surface area contributed by atoms with Crippen LogP contribution in [-0.2, 0) is 0 Å². The molecule has 0 amide bonds. The van der Waals surface area contributed by atoms with Crippen LogP contribution in [0.25, 0.3) is 0 Å². The van der Waals surface area contributed by atoms with Crippen molar-refractivity contribution in [2.75, 3.05) is 51.1 Å². The summed E-state index contributed by atoms with van der Waals surface area (Å²) in [6, 6.07) is 8.18. The van der Waals surface area contributed by atoms with Crippen molar-refractivity contribution in [3.63, 3.8) is 0 Å². The van der Waals surface area contributed by atoms with Gasteiger partial charge < -0.3 is 5.32 Å². The second-order valence-corrected chi connectivity index (χ2v) is 5.53. The molecule has 118 valence electrons. The van der Waals surface area contributed by atoms with Crippen LogP contribution in [0.3, 0.4) is 0 Å². The molecule has 1 aromatic rings. The number of aryl methyl sites for hydroxylation is 1. The van der Waals surface area contributed by atoms with Crippen molar-refractivity contribution in [1.82, 2.24) is 9.80 Å². The molecule has 6 heteroatoms. The predicted octanol–water partition coefficient (Wildman–Crippen LogP) is 2.59. The summed E-state index contributed by atoms with van der Waals surface area (Å²) in [5.74, 6) is 0. The molecule has 0 spiro atoms. The van der Waals surface area contributed by atoms with Gasteiger partial charge in [0.05, 0.1) is 6.54 Å². The van der Waals surface area contributed by atoms with E-state index in [1.165, 1.54) is 10.5 Å². The summed E-state index contributed by atoms with van der Waals surface area (Å²) in [5.41, 5.74) is 2.30. The highest BCUT2D eigenvalue weighted by molar-refractivity contribution is 5.44. The number of rotatable bonds is 5. The molecule has 0 aromatic heterocycles. The Kier molecular flexibility index (Phi) is 5.47. The Hall–Kier alpha value is -1.27. The highest BCUT2D eigenvalue weighted by Crippen LogP contribution is 2.17. The van der Waals surface area contributed by atoms with Crippen molar-refractivity contribution >= 4 is 5.69 Å². The molecule has 21 heavy (non-hydrogen) atoms. The first-order valence-electron chi connectivity index (χ1n) is 7.24. The third kappa shape index (κ3) is 5.93. The zero-order chi connectivity index (χ0) is 15.3. The number of anilines is 1. The lowest BCUT2D eigenvalue weighted by Gasteiger charge is -2.35. The Balaban J connectivity index is 1.64. The van der Waals surface area contributed by atoms with E-state index in [2.05, 4.69) is 22.3 Å². The quantitative estimate of drug-likeness (QED) is 0.902. The molecule has 1 saturated heterocycles. The summed E-state index contributed by atoms with van der Waals surface area (Å²) in [5, 5.41) is 3.33. The molecule has 1 fully saturated rings. The summed E-state index contributed by atoms with van der Waals surface area (Å²) < 4.78 is 36.9. The van der Waals surface area contributed by atoms with E-state index < -0.39 is 12.7 Å². The number of alkyl halides is 3. The Morgan fingerprint density at radius 3 is 2.14 bits per heavy atom. The van der Waals surface area contributed by atoms with Crippen LogP contribution in [0.2, 0.25) is 0 Å². The second kappa shape index (κ2) is 7.13. The molecular formula is C15H22F3N3. The van der Waals surface area contributed by atoms with Crippen LogP contribution >= 0.6 is 0 Å². The van der Waals surface area contributed by atoms with Gasteiger partial charge in [0.25, 0.3) is 0 Å². The van der Waals surface area contributed by atoms with Crippen LogP contribution in [-0.4, -0.2) is 61.8 Å². The van der Waals surface area contributed by atoms with Gasteiger partial charge in [0.15, 0.2) is 0 Å². The van der Waals surface area contributed by atoms with Crippen LogP contribution in [0.15, 0.2) is 24.3 Å². The fraction of sp³-hybridized carbons (Fsp3) is 0.600. The zero-order valence-corrected chi connectivity index (χ0v) is 12.3. The van der Waals surface area contributed by atoms with Crippen LogP contribution in [0.1, 0.15) is 5.56 Å². The molecule has 1 aliphatic heterocycles. The molecule has 3 nitrogen and oxygen atoms in total. The Bertz CT molecular complexity index is 423. The van der Waals surface area contributed by atoms with Crippen molar-refractivity contribution in [3.8, 4) is 0 Å². The summed E-state index contributed by atoms with van der Waals surface area (Å²) in [4.78, 5) is 3.68. The first kappa shape index (κ1) is 16.1. The molecule has 1 N–H and O–H groups in total. The van der Waals surface area contributed by atoms with E-state index in [1.807, 2.05) is 19.1 Å². The third-order valence-corrected chi connectivity index (χ3v) is 3.68. The molecule has 0 unspecified atom stereocenters. The van der Waals surface area contributed by atoms with Crippen LogP contribution in [0.4, 0.5) is 18.9 Å². The van der Waals surface area contributed by atoms with Gasteiger partial charge in [-0.15, -0.1) is 0 Å². The highest BCUT2D eigenvalue weighted by atomic mass is 19.4. The van der Waals surface area contributed by atoms with Gasteiger partial charge in [0.1, 0.15) is 0 Å². The third-order valence-electron chi connectivity index (χ3n) is 3.68. The normalized spacial score (nSPS) is 17.9. The Labute approximate surface area is 123 Å². The van der Waals surface area contributed by atoms with E-state index in [4.69, 9.17) is 0 Å². The van der Waals surface area contributed by atoms with Gasteiger partial charge in [-0.25, -0.2) is 0 Å². The smallest absolute Gasteiger partial charge is 0.384 e. The van der Waals surface area contributed by atoms with Crippen LogP contribution in [0, 0.1) is 6.92 Å². The molecule has 0 bridgehead atoms. The number of halogens is 3. The molecule has 0 atom stereocenters. The van der Waals surface area contributed by atoms with Gasteiger partial charge in [-0.2, -0.15) is 13.2 Å². The van der Waals surface area contributed by atoms with Gasteiger partial charge in [0.2, 0.25) is 0 Å². The first-order valence-corrected chi connectivity index (χ1v) is 7.24. The largest absolute Gasteiger partial charge is 0.401 e. The van der Waals surface area contributed by atoms with Crippen molar-refractivity contribution in [3.05, 3.63) is 29.8 Å². The van der Waals surface area contributed by atoms with Crippen molar-refractivity contribution in [1.29, 1.82) is 0 Å². The van der Waals surface area contributed by atoms with Crippen molar-refractivity contribution in [2.24, 2.45) is 0 Å². The number of nitrogens with zero attached hydrogens (tertiary/aromatic N) is 2. The number of hydrogen-bond donors (Lipinski definition) is 1.